The maximum absolute atomic E-state index is 11.3. The summed E-state index contributed by atoms with van der Waals surface area (Å²) in [5.74, 6) is -0.827. The number of hydrogen-bond acceptors (Lipinski definition) is 8. The van der Waals surface area contributed by atoms with Gasteiger partial charge in [0.05, 0.1) is 12.3 Å². The number of esters is 1. The Balaban J connectivity index is 2.36. The zero-order chi connectivity index (χ0) is 15.8. The van der Waals surface area contributed by atoms with Gasteiger partial charge in [-0.2, -0.15) is 5.10 Å². The van der Waals surface area contributed by atoms with Crippen LogP contribution in [0.5, 0.6) is 0 Å². The molecule has 114 valence electrons. The fraction of sp³-hybridized carbons (Fsp3) is 0.364. The Morgan fingerprint density at radius 1 is 1.57 bits per heavy atom. The lowest BCUT2D eigenvalue weighted by molar-refractivity contribution is -0.402. The van der Waals surface area contributed by atoms with Gasteiger partial charge in [-0.1, -0.05) is 0 Å². The molecule has 1 rings (SSSR count). The molecule has 0 aromatic carbocycles. The van der Waals surface area contributed by atoms with Crippen LogP contribution in [0.25, 0.3) is 0 Å². The zero-order valence-electron chi connectivity index (χ0n) is 11.3. The standard InChI is InChI=1S/C11H13N3O7/c1-7(6-19-8(2)15)20-11(16)13-12-5-9-3-4-10(21-9)14(17)18/h3-5,7H,6H2,1-2H3,(H,13,16)/b12-5+. The number of nitro groups is 1. The molecule has 10 nitrogen and oxygen atoms in total. The van der Waals surface area contributed by atoms with Crippen LogP contribution in [0.1, 0.15) is 19.6 Å². The van der Waals surface area contributed by atoms with Gasteiger partial charge < -0.3 is 13.9 Å². The average molecular weight is 299 g/mol. The smallest absolute Gasteiger partial charge is 0.433 e. The summed E-state index contributed by atoms with van der Waals surface area (Å²) in [4.78, 5) is 31.5. The number of hydrazone groups is 1. The van der Waals surface area contributed by atoms with Crippen molar-refractivity contribution >= 4 is 24.2 Å². The van der Waals surface area contributed by atoms with Gasteiger partial charge in [0.1, 0.15) is 17.6 Å². The second kappa shape index (κ2) is 7.62. The molecule has 0 aliphatic heterocycles. The molecule has 1 atom stereocenters. The van der Waals surface area contributed by atoms with Gasteiger partial charge in [0.25, 0.3) is 0 Å². The highest BCUT2D eigenvalue weighted by atomic mass is 16.6. The van der Waals surface area contributed by atoms with Crippen molar-refractivity contribution < 1.29 is 28.4 Å². The molecule has 0 aliphatic rings. The largest absolute Gasteiger partial charge is 0.462 e. The lowest BCUT2D eigenvalue weighted by Crippen LogP contribution is -2.27. The van der Waals surface area contributed by atoms with Gasteiger partial charge in [0.15, 0.2) is 5.76 Å². The number of amides is 1. The minimum absolute atomic E-state index is 0.0726. The third-order valence-corrected chi connectivity index (χ3v) is 1.97. The highest BCUT2D eigenvalue weighted by Gasteiger charge is 2.11. The molecule has 0 saturated heterocycles. The van der Waals surface area contributed by atoms with Gasteiger partial charge in [0.2, 0.25) is 0 Å². The van der Waals surface area contributed by atoms with E-state index in [2.05, 4.69) is 9.84 Å². The van der Waals surface area contributed by atoms with E-state index in [9.17, 15) is 19.7 Å². The maximum atomic E-state index is 11.3. The molecule has 1 amide bonds. The average Bonchev–Trinajstić information content (AvgIpc) is 2.85. The highest BCUT2D eigenvalue weighted by Crippen LogP contribution is 2.13. The Morgan fingerprint density at radius 3 is 2.86 bits per heavy atom. The molecule has 1 unspecified atom stereocenters. The summed E-state index contributed by atoms with van der Waals surface area (Å²) in [7, 11) is 0. The maximum Gasteiger partial charge on any atom is 0.433 e. The predicted molar refractivity (Wildman–Crippen MR) is 68.7 cm³/mol. The lowest BCUT2D eigenvalue weighted by Gasteiger charge is -2.11. The van der Waals surface area contributed by atoms with Crippen molar-refractivity contribution in [1.82, 2.24) is 5.43 Å². The summed E-state index contributed by atoms with van der Waals surface area (Å²) in [6.07, 6.45) is -0.439. The van der Waals surface area contributed by atoms with E-state index >= 15 is 0 Å². The number of rotatable bonds is 6. The van der Waals surface area contributed by atoms with E-state index < -0.39 is 29.0 Å². The monoisotopic (exact) mass is 299 g/mol. The molecule has 0 bridgehead atoms. The number of carbonyl (C=O) groups excluding carboxylic acids is 2. The van der Waals surface area contributed by atoms with E-state index in [1.165, 1.54) is 19.9 Å². The quantitative estimate of drug-likeness (QED) is 0.361. The summed E-state index contributed by atoms with van der Waals surface area (Å²) in [6.45, 7) is 2.69. The van der Waals surface area contributed by atoms with Gasteiger partial charge in [-0.15, -0.1) is 0 Å². The molecule has 0 aliphatic carbocycles. The molecule has 0 fully saturated rings. The van der Waals surface area contributed by atoms with E-state index in [-0.39, 0.29) is 12.4 Å². The molecule has 1 aromatic heterocycles. The summed E-state index contributed by atoms with van der Waals surface area (Å²) < 4.78 is 14.2. The first-order valence-electron chi connectivity index (χ1n) is 5.75. The summed E-state index contributed by atoms with van der Waals surface area (Å²) in [5.41, 5.74) is 2.03. The van der Waals surface area contributed by atoms with E-state index in [0.29, 0.717) is 0 Å². The van der Waals surface area contributed by atoms with Gasteiger partial charge in [0, 0.05) is 6.92 Å². The van der Waals surface area contributed by atoms with E-state index in [1.54, 1.807) is 0 Å². The minimum Gasteiger partial charge on any atom is -0.462 e. The Labute approximate surface area is 118 Å². The van der Waals surface area contributed by atoms with Crippen molar-refractivity contribution in [2.45, 2.75) is 20.0 Å². The van der Waals surface area contributed by atoms with Crippen LogP contribution in [0.2, 0.25) is 0 Å². The molecular formula is C11H13N3O7. The summed E-state index contributed by atoms with van der Waals surface area (Å²) in [5, 5.41) is 13.9. The van der Waals surface area contributed by atoms with Gasteiger partial charge in [-0.25, -0.2) is 10.2 Å². The van der Waals surface area contributed by atoms with Crippen molar-refractivity contribution in [3.05, 3.63) is 28.0 Å². The zero-order valence-corrected chi connectivity index (χ0v) is 11.3. The number of hydrogen-bond donors (Lipinski definition) is 1. The fourth-order valence-corrected chi connectivity index (χ4v) is 1.14. The molecule has 1 aromatic rings. The Morgan fingerprint density at radius 2 is 2.29 bits per heavy atom. The van der Waals surface area contributed by atoms with Crippen molar-refractivity contribution in [3.8, 4) is 0 Å². The molecule has 1 N–H and O–H groups in total. The third-order valence-electron chi connectivity index (χ3n) is 1.97. The molecule has 21 heavy (non-hydrogen) atoms. The fourth-order valence-electron chi connectivity index (χ4n) is 1.14. The Hall–Kier alpha value is -2.91. The van der Waals surface area contributed by atoms with Crippen LogP contribution >= 0.6 is 0 Å². The minimum atomic E-state index is -0.869. The highest BCUT2D eigenvalue weighted by molar-refractivity contribution is 5.78. The van der Waals surface area contributed by atoms with E-state index in [0.717, 1.165) is 12.3 Å². The van der Waals surface area contributed by atoms with Crippen molar-refractivity contribution in [2.75, 3.05) is 6.61 Å². The van der Waals surface area contributed by atoms with Crippen LogP contribution in [-0.4, -0.2) is 35.9 Å². The third kappa shape index (κ3) is 6.18. The van der Waals surface area contributed by atoms with Gasteiger partial charge in [-0.3, -0.25) is 14.9 Å². The van der Waals surface area contributed by atoms with Gasteiger partial charge in [-0.05, 0) is 13.0 Å². The Bertz CT molecular complexity index is 552. The first-order chi connectivity index (χ1) is 9.88. The van der Waals surface area contributed by atoms with E-state index in [1.807, 2.05) is 5.43 Å². The van der Waals surface area contributed by atoms with Crippen molar-refractivity contribution in [1.29, 1.82) is 0 Å². The second-order valence-electron chi connectivity index (χ2n) is 3.82. The lowest BCUT2D eigenvalue weighted by atomic mass is 10.4. The SMILES string of the molecule is CC(=O)OCC(C)OC(=O)N/N=C/c1ccc([N+](=O)[O-])o1. The number of nitrogens with one attached hydrogen (secondary N) is 1. The van der Waals surface area contributed by atoms with Crippen molar-refractivity contribution in [3.63, 3.8) is 0 Å². The molecule has 1 heterocycles. The molecule has 0 saturated carbocycles. The first kappa shape index (κ1) is 16.1. The number of ether oxygens (including phenoxy) is 2. The number of nitrogens with zero attached hydrogens (tertiary/aromatic N) is 2. The van der Waals surface area contributed by atoms with Crippen molar-refractivity contribution in [2.24, 2.45) is 5.10 Å². The van der Waals surface area contributed by atoms with Crippen LogP contribution in [0.15, 0.2) is 21.7 Å². The Kier molecular flexibility index (Phi) is 5.86. The first-order valence-corrected chi connectivity index (χ1v) is 5.75. The normalized spacial score (nSPS) is 11.9. The summed E-state index contributed by atoms with van der Waals surface area (Å²) >= 11 is 0. The molecule has 10 heteroatoms. The predicted octanol–water partition coefficient (Wildman–Crippen LogP) is 1.20. The molecule has 0 radical (unpaired) electrons. The molecule has 0 spiro atoms. The topological polar surface area (TPSA) is 133 Å². The number of furan rings is 1. The molecular weight excluding hydrogens is 286 g/mol. The van der Waals surface area contributed by atoms with Crippen LogP contribution < -0.4 is 5.43 Å². The van der Waals surface area contributed by atoms with E-state index in [4.69, 9.17) is 9.15 Å². The van der Waals surface area contributed by atoms with Crippen LogP contribution in [0.3, 0.4) is 0 Å². The number of carbonyl (C=O) groups is 2. The van der Waals surface area contributed by atoms with Crippen LogP contribution in [-0.2, 0) is 14.3 Å². The summed E-state index contributed by atoms with van der Waals surface area (Å²) in [6, 6.07) is 2.47. The van der Waals surface area contributed by atoms with Crippen LogP contribution in [0, 0.1) is 10.1 Å². The van der Waals surface area contributed by atoms with Crippen LogP contribution in [0.4, 0.5) is 10.7 Å². The second-order valence-corrected chi connectivity index (χ2v) is 3.82. The van der Waals surface area contributed by atoms with Gasteiger partial charge >= 0.3 is 17.9 Å².